The molecule has 0 atom stereocenters. The second kappa shape index (κ2) is 7.05. The topological polar surface area (TPSA) is 34.0 Å². The molecule has 0 spiro atoms. The Hall–Kier alpha value is -1.39. The van der Waals surface area contributed by atoms with Crippen molar-refractivity contribution in [3.8, 4) is 0 Å². The zero-order chi connectivity index (χ0) is 15.4. The van der Waals surface area contributed by atoms with Gasteiger partial charge in [0, 0.05) is 31.9 Å². The maximum Gasteiger partial charge on any atom is 0.131 e. The molecule has 0 aromatic carbocycles. The van der Waals surface area contributed by atoms with E-state index < -0.39 is 0 Å². The molecule has 0 aliphatic rings. The maximum atomic E-state index is 6.34. The van der Waals surface area contributed by atoms with Gasteiger partial charge >= 0.3 is 0 Å². The summed E-state index contributed by atoms with van der Waals surface area (Å²) >= 11 is 6.34. The molecule has 5 heteroatoms. The maximum absolute atomic E-state index is 6.34. The predicted octanol–water partition coefficient (Wildman–Crippen LogP) is 3.23. The van der Waals surface area contributed by atoms with Gasteiger partial charge in [-0.15, -0.1) is 0 Å². The number of hydrogen-bond acceptors (Lipinski definition) is 3. The van der Waals surface area contributed by atoms with Crippen molar-refractivity contribution < 1.29 is 0 Å². The molecule has 0 aliphatic carbocycles. The van der Waals surface area contributed by atoms with E-state index in [1.807, 2.05) is 13.2 Å². The highest BCUT2D eigenvalue weighted by molar-refractivity contribution is 6.30. The number of hydrogen-bond donors (Lipinski definition) is 0. The molecule has 2 rings (SSSR count). The minimum Gasteiger partial charge on any atom is -0.296 e. The Bertz CT molecular complexity index is 589. The van der Waals surface area contributed by atoms with E-state index in [9.17, 15) is 0 Å². The smallest absolute Gasteiger partial charge is 0.131 e. The van der Waals surface area contributed by atoms with E-state index in [0.717, 1.165) is 48.0 Å². The first-order valence-electron chi connectivity index (χ1n) is 7.37. The van der Waals surface area contributed by atoms with Crippen LogP contribution in [-0.2, 0) is 33.0 Å². The SMILES string of the molecule is CCc1ccc(CN(C)Cc2c(CC)nn(C)c2Cl)nc1. The van der Waals surface area contributed by atoms with E-state index in [0.29, 0.717) is 0 Å². The first-order valence-corrected chi connectivity index (χ1v) is 7.75. The van der Waals surface area contributed by atoms with Gasteiger partial charge in [-0.25, -0.2) is 0 Å². The highest BCUT2D eigenvalue weighted by atomic mass is 35.5. The van der Waals surface area contributed by atoms with Crippen LogP contribution in [0.1, 0.15) is 36.4 Å². The summed E-state index contributed by atoms with van der Waals surface area (Å²) in [4.78, 5) is 6.72. The molecule has 114 valence electrons. The van der Waals surface area contributed by atoms with Crippen LogP contribution in [0, 0.1) is 0 Å². The third kappa shape index (κ3) is 3.83. The number of aromatic nitrogens is 3. The second-order valence-corrected chi connectivity index (χ2v) is 5.73. The number of nitrogens with zero attached hydrogens (tertiary/aromatic N) is 4. The fourth-order valence-electron chi connectivity index (χ4n) is 2.40. The molecule has 0 saturated heterocycles. The van der Waals surface area contributed by atoms with Crippen LogP contribution >= 0.6 is 11.6 Å². The number of halogens is 1. The lowest BCUT2D eigenvalue weighted by atomic mass is 10.2. The van der Waals surface area contributed by atoms with Crippen molar-refractivity contribution >= 4 is 11.6 Å². The molecule has 0 saturated carbocycles. The lowest BCUT2D eigenvalue weighted by Crippen LogP contribution is -2.18. The van der Waals surface area contributed by atoms with Gasteiger partial charge in [-0.05, 0) is 31.5 Å². The van der Waals surface area contributed by atoms with E-state index in [-0.39, 0.29) is 0 Å². The molecular weight excluding hydrogens is 284 g/mol. The van der Waals surface area contributed by atoms with Gasteiger partial charge in [-0.2, -0.15) is 5.10 Å². The molecule has 0 amide bonds. The Morgan fingerprint density at radius 3 is 2.52 bits per heavy atom. The fraction of sp³-hybridized carbons (Fsp3) is 0.500. The van der Waals surface area contributed by atoms with Gasteiger partial charge in [0.05, 0.1) is 11.4 Å². The lowest BCUT2D eigenvalue weighted by Gasteiger charge is -2.16. The number of rotatable bonds is 6. The average molecular weight is 307 g/mol. The standard InChI is InChI=1S/C16H23ClN4/c1-5-12-7-8-13(18-9-12)10-20(3)11-14-15(6-2)19-21(4)16(14)17/h7-9H,5-6,10-11H2,1-4H3. The number of pyridine rings is 1. The summed E-state index contributed by atoms with van der Waals surface area (Å²) < 4.78 is 1.75. The van der Waals surface area contributed by atoms with Crippen molar-refractivity contribution in [2.45, 2.75) is 39.8 Å². The molecule has 4 nitrogen and oxygen atoms in total. The molecule has 21 heavy (non-hydrogen) atoms. The van der Waals surface area contributed by atoms with Crippen molar-refractivity contribution in [2.24, 2.45) is 7.05 Å². The Labute approximate surface area is 131 Å². The molecule has 0 aliphatic heterocycles. The minimum absolute atomic E-state index is 0.730. The Kier molecular flexibility index (Phi) is 5.37. The third-order valence-corrected chi connectivity index (χ3v) is 4.11. The highest BCUT2D eigenvalue weighted by Gasteiger charge is 2.15. The summed E-state index contributed by atoms with van der Waals surface area (Å²) in [6.07, 6.45) is 3.87. The minimum atomic E-state index is 0.730. The van der Waals surface area contributed by atoms with Crippen LogP contribution in [-0.4, -0.2) is 26.7 Å². The van der Waals surface area contributed by atoms with Crippen LogP contribution in [0.15, 0.2) is 18.3 Å². The number of aryl methyl sites for hydroxylation is 3. The summed E-state index contributed by atoms with van der Waals surface area (Å²) in [5.41, 5.74) is 4.54. The van der Waals surface area contributed by atoms with Gasteiger partial charge in [-0.1, -0.05) is 31.5 Å². The molecular formula is C16H23ClN4. The van der Waals surface area contributed by atoms with E-state index in [2.05, 4.69) is 48.0 Å². The van der Waals surface area contributed by atoms with Crippen molar-refractivity contribution in [3.63, 3.8) is 0 Å². The van der Waals surface area contributed by atoms with E-state index in [1.165, 1.54) is 5.56 Å². The van der Waals surface area contributed by atoms with Gasteiger partial charge in [0.2, 0.25) is 0 Å². The van der Waals surface area contributed by atoms with Gasteiger partial charge in [-0.3, -0.25) is 14.6 Å². The van der Waals surface area contributed by atoms with Gasteiger partial charge < -0.3 is 0 Å². The van der Waals surface area contributed by atoms with Gasteiger partial charge in [0.25, 0.3) is 0 Å². The molecule has 2 aromatic rings. The predicted molar refractivity (Wildman–Crippen MR) is 86.4 cm³/mol. The Morgan fingerprint density at radius 1 is 1.19 bits per heavy atom. The summed E-state index contributed by atoms with van der Waals surface area (Å²) in [6.45, 7) is 5.83. The van der Waals surface area contributed by atoms with Crippen molar-refractivity contribution in [3.05, 3.63) is 46.0 Å². The molecule has 2 heterocycles. The van der Waals surface area contributed by atoms with Crippen LogP contribution in [0.4, 0.5) is 0 Å². The van der Waals surface area contributed by atoms with E-state index >= 15 is 0 Å². The Balaban J connectivity index is 2.05. The first kappa shape index (κ1) is 16.0. The van der Waals surface area contributed by atoms with E-state index in [1.54, 1.807) is 4.68 Å². The fourth-order valence-corrected chi connectivity index (χ4v) is 2.61. The molecule has 0 fully saturated rings. The largest absolute Gasteiger partial charge is 0.296 e. The van der Waals surface area contributed by atoms with E-state index in [4.69, 9.17) is 11.6 Å². The van der Waals surface area contributed by atoms with Crippen molar-refractivity contribution in [1.82, 2.24) is 19.7 Å². The molecule has 0 N–H and O–H groups in total. The first-order chi connectivity index (χ1) is 10.0. The normalized spacial score (nSPS) is 11.3. The van der Waals surface area contributed by atoms with Crippen LogP contribution in [0.3, 0.4) is 0 Å². The lowest BCUT2D eigenvalue weighted by molar-refractivity contribution is 0.314. The second-order valence-electron chi connectivity index (χ2n) is 5.38. The Morgan fingerprint density at radius 2 is 1.95 bits per heavy atom. The van der Waals surface area contributed by atoms with Crippen molar-refractivity contribution in [1.29, 1.82) is 0 Å². The van der Waals surface area contributed by atoms with Crippen LogP contribution in [0.2, 0.25) is 5.15 Å². The zero-order valence-electron chi connectivity index (χ0n) is 13.2. The van der Waals surface area contributed by atoms with Gasteiger partial charge in [0.1, 0.15) is 5.15 Å². The summed E-state index contributed by atoms with van der Waals surface area (Å²) in [5, 5.41) is 5.18. The quantitative estimate of drug-likeness (QED) is 0.821. The van der Waals surface area contributed by atoms with Crippen LogP contribution in [0.25, 0.3) is 0 Å². The summed E-state index contributed by atoms with van der Waals surface area (Å²) in [7, 11) is 3.97. The van der Waals surface area contributed by atoms with Crippen molar-refractivity contribution in [2.75, 3.05) is 7.05 Å². The van der Waals surface area contributed by atoms with Gasteiger partial charge in [0.15, 0.2) is 0 Å². The van der Waals surface area contributed by atoms with Crippen LogP contribution in [0.5, 0.6) is 0 Å². The van der Waals surface area contributed by atoms with Crippen LogP contribution < -0.4 is 0 Å². The summed E-state index contributed by atoms with van der Waals surface area (Å²) in [6, 6.07) is 4.24. The summed E-state index contributed by atoms with van der Waals surface area (Å²) in [5.74, 6) is 0. The average Bonchev–Trinajstić information content (AvgIpc) is 2.75. The molecule has 0 radical (unpaired) electrons. The molecule has 2 aromatic heterocycles. The molecule has 0 bridgehead atoms. The monoisotopic (exact) mass is 306 g/mol. The zero-order valence-corrected chi connectivity index (χ0v) is 14.0. The highest BCUT2D eigenvalue weighted by Crippen LogP contribution is 2.21. The molecule has 0 unspecified atom stereocenters. The third-order valence-electron chi connectivity index (χ3n) is 3.64.